The second-order valence-electron chi connectivity index (χ2n) is 5.61. The fourth-order valence-corrected chi connectivity index (χ4v) is 3.10. The fourth-order valence-electron chi connectivity index (χ4n) is 3.10. The van der Waals surface area contributed by atoms with Crippen LogP contribution in [0, 0.1) is 11.6 Å². The molecule has 1 aliphatic heterocycles. The molecule has 1 fully saturated rings. The van der Waals surface area contributed by atoms with Gasteiger partial charge in [-0.25, -0.2) is 8.78 Å². The zero-order valence-electron chi connectivity index (χ0n) is 13.2. The molecule has 0 aliphatic carbocycles. The van der Waals surface area contributed by atoms with Crippen LogP contribution in [0.15, 0.2) is 18.2 Å². The predicted octanol–water partition coefficient (Wildman–Crippen LogP) is 1.26. The highest BCUT2D eigenvalue weighted by Gasteiger charge is 2.49. The standard InChI is InChI=1S/C16H20F2N2O3/c1-19-15(22)16(10-23-2)6-3-7-20(16)14(21)9-11-8-12(17)4-5-13(11)18/h4-5,8H,3,6-7,9-10H2,1-2H3,(H,19,22). The van der Waals surface area contributed by atoms with Gasteiger partial charge in [0.15, 0.2) is 0 Å². The highest BCUT2D eigenvalue weighted by Crippen LogP contribution is 2.31. The Kier molecular flexibility index (Phi) is 5.30. The van der Waals surface area contributed by atoms with Crippen LogP contribution in [-0.4, -0.2) is 49.6 Å². The third kappa shape index (κ3) is 3.34. The summed E-state index contributed by atoms with van der Waals surface area (Å²) in [7, 11) is 2.95. The number of amides is 2. The van der Waals surface area contributed by atoms with Gasteiger partial charge in [0.1, 0.15) is 17.2 Å². The van der Waals surface area contributed by atoms with Gasteiger partial charge in [-0.1, -0.05) is 0 Å². The van der Waals surface area contributed by atoms with Gasteiger partial charge in [-0.2, -0.15) is 0 Å². The molecule has 1 aliphatic rings. The average molecular weight is 326 g/mol. The third-order valence-electron chi connectivity index (χ3n) is 4.17. The van der Waals surface area contributed by atoms with Gasteiger partial charge in [-0.15, -0.1) is 0 Å². The van der Waals surface area contributed by atoms with Crippen LogP contribution in [0.1, 0.15) is 18.4 Å². The Morgan fingerprint density at radius 1 is 1.39 bits per heavy atom. The molecule has 0 spiro atoms. The van der Waals surface area contributed by atoms with Crippen molar-refractivity contribution in [3.05, 3.63) is 35.4 Å². The first-order valence-corrected chi connectivity index (χ1v) is 7.40. The molecule has 1 saturated heterocycles. The van der Waals surface area contributed by atoms with Gasteiger partial charge in [0.05, 0.1) is 13.0 Å². The van der Waals surface area contributed by atoms with E-state index in [-0.39, 0.29) is 24.5 Å². The molecule has 1 aromatic rings. The van der Waals surface area contributed by atoms with E-state index in [2.05, 4.69) is 5.32 Å². The maximum absolute atomic E-state index is 13.7. The minimum atomic E-state index is -1.09. The Balaban J connectivity index is 2.26. The molecule has 1 unspecified atom stereocenters. The summed E-state index contributed by atoms with van der Waals surface area (Å²) in [4.78, 5) is 26.3. The maximum Gasteiger partial charge on any atom is 0.248 e. The zero-order valence-corrected chi connectivity index (χ0v) is 13.2. The number of carbonyl (C=O) groups is 2. The first kappa shape index (κ1) is 17.3. The summed E-state index contributed by atoms with van der Waals surface area (Å²) in [5, 5.41) is 2.55. The summed E-state index contributed by atoms with van der Waals surface area (Å²) in [6, 6.07) is 2.99. The van der Waals surface area contributed by atoms with E-state index in [0.29, 0.717) is 19.4 Å². The van der Waals surface area contributed by atoms with Crippen molar-refractivity contribution in [2.75, 3.05) is 27.3 Å². The van der Waals surface area contributed by atoms with Crippen LogP contribution in [0.4, 0.5) is 8.78 Å². The number of rotatable bonds is 5. The van der Waals surface area contributed by atoms with Gasteiger partial charge >= 0.3 is 0 Å². The van der Waals surface area contributed by atoms with Gasteiger partial charge in [0, 0.05) is 26.3 Å². The molecule has 0 bridgehead atoms. The maximum atomic E-state index is 13.7. The van der Waals surface area contributed by atoms with Crippen LogP contribution >= 0.6 is 0 Å². The molecule has 0 aromatic heterocycles. The molecule has 1 atom stereocenters. The molecule has 126 valence electrons. The molecule has 2 rings (SSSR count). The van der Waals surface area contributed by atoms with E-state index < -0.39 is 23.1 Å². The lowest BCUT2D eigenvalue weighted by Crippen LogP contribution is -2.59. The number of hydrogen-bond donors (Lipinski definition) is 1. The predicted molar refractivity (Wildman–Crippen MR) is 79.7 cm³/mol. The lowest BCUT2D eigenvalue weighted by molar-refractivity contribution is -0.147. The van der Waals surface area contributed by atoms with Crippen LogP contribution in [0.2, 0.25) is 0 Å². The quantitative estimate of drug-likeness (QED) is 0.886. The van der Waals surface area contributed by atoms with Crippen molar-refractivity contribution < 1.29 is 23.1 Å². The molecule has 1 aromatic carbocycles. The minimum Gasteiger partial charge on any atom is -0.382 e. The molecular weight excluding hydrogens is 306 g/mol. The number of ether oxygens (including phenoxy) is 1. The van der Waals surface area contributed by atoms with E-state index in [1.54, 1.807) is 0 Å². The van der Waals surface area contributed by atoms with Crippen LogP contribution in [0.25, 0.3) is 0 Å². The fraction of sp³-hybridized carbons (Fsp3) is 0.500. The lowest BCUT2D eigenvalue weighted by atomic mass is 9.95. The first-order chi connectivity index (χ1) is 10.9. The Bertz CT molecular complexity index is 609. The van der Waals surface area contributed by atoms with Crippen molar-refractivity contribution in [3.8, 4) is 0 Å². The second kappa shape index (κ2) is 7.04. The van der Waals surface area contributed by atoms with Crippen molar-refractivity contribution >= 4 is 11.8 Å². The van der Waals surface area contributed by atoms with Gasteiger partial charge < -0.3 is 15.0 Å². The minimum absolute atomic E-state index is 0.0230. The zero-order chi connectivity index (χ0) is 17.0. The number of carbonyl (C=O) groups excluding carboxylic acids is 2. The smallest absolute Gasteiger partial charge is 0.248 e. The third-order valence-corrected chi connectivity index (χ3v) is 4.17. The molecular formula is C16H20F2N2O3. The summed E-state index contributed by atoms with van der Waals surface area (Å²) in [5.74, 6) is -1.99. The van der Waals surface area contributed by atoms with Crippen molar-refractivity contribution in [1.82, 2.24) is 10.2 Å². The summed E-state index contributed by atoms with van der Waals surface area (Å²) >= 11 is 0. The number of likely N-dealkylation sites (N-methyl/N-ethyl adjacent to an activating group) is 1. The number of methoxy groups -OCH3 is 1. The molecule has 23 heavy (non-hydrogen) atoms. The number of benzene rings is 1. The van der Waals surface area contributed by atoms with Crippen LogP contribution in [0.3, 0.4) is 0 Å². The van der Waals surface area contributed by atoms with Crippen molar-refractivity contribution in [1.29, 1.82) is 0 Å². The van der Waals surface area contributed by atoms with E-state index in [0.717, 1.165) is 18.2 Å². The van der Waals surface area contributed by atoms with Gasteiger partial charge in [-0.3, -0.25) is 9.59 Å². The molecule has 0 saturated carbocycles. The van der Waals surface area contributed by atoms with Gasteiger partial charge in [0.2, 0.25) is 11.8 Å². The van der Waals surface area contributed by atoms with Crippen molar-refractivity contribution in [2.45, 2.75) is 24.8 Å². The van der Waals surface area contributed by atoms with E-state index in [4.69, 9.17) is 4.74 Å². The molecule has 7 heteroatoms. The van der Waals surface area contributed by atoms with Gasteiger partial charge in [-0.05, 0) is 31.0 Å². The Labute approximate surface area is 133 Å². The Morgan fingerprint density at radius 2 is 2.13 bits per heavy atom. The summed E-state index contributed by atoms with van der Waals surface area (Å²) < 4.78 is 32.1. The topological polar surface area (TPSA) is 58.6 Å². The summed E-state index contributed by atoms with van der Waals surface area (Å²) in [5.41, 5.74) is -1.12. The molecule has 2 amide bonds. The highest BCUT2D eigenvalue weighted by atomic mass is 19.1. The van der Waals surface area contributed by atoms with Crippen molar-refractivity contribution in [2.24, 2.45) is 0 Å². The molecule has 1 N–H and O–H groups in total. The van der Waals surface area contributed by atoms with E-state index >= 15 is 0 Å². The van der Waals surface area contributed by atoms with Gasteiger partial charge in [0.25, 0.3) is 0 Å². The van der Waals surface area contributed by atoms with E-state index in [9.17, 15) is 18.4 Å². The average Bonchev–Trinajstić information content (AvgIpc) is 2.95. The number of hydrogen-bond acceptors (Lipinski definition) is 3. The lowest BCUT2D eigenvalue weighted by Gasteiger charge is -2.36. The SMILES string of the molecule is CNC(=O)C1(COC)CCCN1C(=O)Cc1cc(F)ccc1F. The van der Waals surface area contributed by atoms with Crippen LogP contribution < -0.4 is 5.32 Å². The summed E-state index contributed by atoms with van der Waals surface area (Å²) in [6.07, 6.45) is 0.818. The number of nitrogens with one attached hydrogen (secondary N) is 1. The molecule has 1 heterocycles. The first-order valence-electron chi connectivity index (χ1n) is 7.40. The molecule has 5 nitrogen and oxygen atoms in total. The monoisotopic (exact) mass is 326 g/mol. The second-order valence-corrected chi connectivity index (χ2v) is 5.61. The highest BCUT2D eigenvalue weighted by molar-refractivity contribution is 5.92. The number of halogens is 2. The normalized spacial score (nSPS) is 20.6. The molecule has 0 radical (unpaired) electrons. The van der Waals surface area contributed by atoms with Crippen molar-refractivity contribution in [3.63, 3.8) is 0 Å². The largest absolute Gasteiger partial charge is 0.382 e. The van der Waals surface area contributed by atoms with E-state index in [1.807, 2.05) is 0 Å². The number of nitrogens with zero attached hydrogens (tertiary/aromatic N) is 1. The summed E-state index contributed by atoms with van der Waals surface area (Å²) in [6.45, 7) is 0.441. The van der Waals surface area contributed by atoms with E-state index in [1.165, 1.54) is 19.1 Å². The van der Waals surface area contributed by atoms with Crippen LogP contribution in [-0.2, 0) is 20.7 Å². The Morgan fingerprint density at radius 3 is 2.78 bits per heavy atom. The Hall–Kier alpha value is -2.02. The van der Waals surface area contributed by atoms with Crippen LogP contribution in [0.5, 0.6) is 0 Å². The number of likely N-dealkylation sites (tertiary alicyclic amines) is 1.